The van der Waals surface area contributed by atoms with Gasteiger partial charge in [0.1, 0.15) is 9.96 Å². The topological polar surface area (TPSA) is 75.7 Å². The Balaban J connectivity index is 1.64. The van der Waals surface area contributed by atoms with Crippen LogP contribution in [0.5, 0.6) is 5.75 Å². The number of nitrogens with zero attached hydrogens (tertiary/aromatic N) is 1. The molecule has 2 heterocycles. The molecular weight excluding hydrogens is 372 g/mol. The zero-order valence-corrected chi connectivity index (χ0v) is 16.2. The van der Waals surface area contributed by atoms with E-state index in [0.29, 0.717) is 35.9 Å². The largest absolute Gasteiger partial charge is 0.494 e. The van der Waals surface area contributed by atoms with Crippen LogP contribution in [-0.4, -0.2) is 38.3 Å². The average molecular weight is 395 g/mol. The molecule has 26 heavy (non-hydrogen) atoms. The summed E-state index contributed by atoms with van der Waals surface area (Å²) in [6.07, 6.45) is 1.35. The Hall–Kier alpha value is -1.90. The minimum atomic E-state index is -3.51. The Morgan fingerprint density at radius 1 is 1.31 bits per heavy atom. The van der Waals surface area contributed by atoms with Gasteiger partial charge in [0.05, 0.1) is 12.5 Å². The summed E-state index contributed by atoms with van der Waals surface area (Å²) >= 11 is 1.20. The number of anilines is 1. The Labute approximate surface area is 157 Å². The minimum Gasteiger partial charge on any atom is -0.494 e. The molecule has 140 valence electrons. The van der Waals surface area contributed by atoms with Gasteiger partial charge in [0.25, 0.3) is 10.0 Å². The molecule has 6 nitrogen and oxygen atoms in total. The SMILES string of the molecule is CCOc1ccc(NC(=O)[C@@H]2CCCN(S(=O)(=O)c3cccs3)C2)cc1. The van der Waals surface area contributed by atoms with Gasteiger partial charge in [-0.15, -0.1) is 11.3 Å². The quantitative estimate of drug-likeness (QED) is 0.816. The summed E-state index contributed by atoms with van der Waals surface area (Å²) in [5.41, 5.74) is 0.677. The molecule has 1 aliphatic rings. The van der Waals surface area contributed by atoms with Crippen LogP contribution in [0.15, 0.2) is 46.0 Å². The number of sulfonamides is 1. The average Bonchev–Trinajstić information content (AvgIpc) is 3.19. The number of piperidine rings is 1. The Morgan fingerprint density at radius 3 is 2.73 bits per heavy atom. The number of amides is 1. The van der Waals surface area contributed by atoms with E-state index in [0.717, 1.165) is 5.75 Å². The first-order valence-corrected chi connectivity index (χ1v) is 10.9. The zero-order chi connectivity index (χ0) is 18.6. The highest BCUT2D eigenvalue weighted by Crippen LogP contribution is 2.27. The third-order valence-electron chi connectivity index (χ3n) is 4.28. The Morgan fingerprint density at radius 2 is 2.08 bits per heavy atom. The van der Waals surface area contributed by atoms with Crippen LogP contribution < -0.4 is 10.1 Å². The third kappa shape index (κ3) is 4.25. The molecule has 1 fully saturated rings. The van der Waals surface area contributed by atoms with Crippen molar-refractivity contribution in [1.82, 2.24) is 4.31 Å². The smallest absolute Gasteiger partial charge is 0.252 e. The maximum Gasteiger partial charge on any atom is 0.252 e. The van der Waals surface area contributed by atoms with Crippen molar-refractivity contribution >= 4 is 33.0 Å². The Kier molecular flexibility index (Phi) is 5.95. The fourth-order valence-corrected chi connectivity index (χ4v) is 5.63. The van der Waals surface area contributed by atoms with Gasteiger partial charge in [0.15, 0.2) is 0 Å². The highest BCUT2D eigenvalue weighted by molar-refractivity contribution is 7.91. The van der Waals surface area contributed by atoms with Gasteiger partial charge in [-0.1, -0.05) is 6.07 Å². The number of hydrogen-bond acceptors (Lipinski definition) is 5. The Bertz CT molecular complexity index is 833. The van der Waals surface area contributed by atoms with Crippen molar-refractivity contribution in [1.29, 1.82) is 0 Å². The predicted octanol–water partition coefficient (Wildman–Crippen LogP) is 3.19. The zero-order valence-electron chi connectivity index (χ0n) is 14.6. The summed E-state index contributed by atoms with van der Waals surface area (Å²) in [7, 11) is -3.51. The lowest BCUT2D eigenvalue weighted by molar-refractivity contribution is -0.120. The maximum absolute atomic E-state index is 12.7. The summed E-state index contributed by atoms with van der Waals surface area (Å²) in [5.74, 6) is 0.238. The van der Waals surface area contributed by atoms with E-state index in [-0.39, 0.29) is 18.4 Å². The normalized spacial score (nSPS) is 18.4. The van der Waals surface area contributed by atoms with E-state index in [1.54, 1.807) is 41.8 Å². The van der Waals surface area contributed by atoms with Crippen LogP contribution >= 0.6 is 11.3 Å². The standard InChI is InChI=1S/C18H22N2O4S2/c1-2-24-16-9-7-15(8-10-16)19-18(21)14-5-3-11-20(13-14)26(22,23)17-6-4-12-25-17/h4,6-10,12,14H,2-3,5,11,13H2,1H3,(H,19,21)/t14-/m1/s1. The molecule has 8 heteroatoms. The van der Waals surface area contributed by atoms with E-state index in [1.807, 2.05) is 6.92 Å². The molecule has 1 aromatic heterocycles. The van der Waals surface area contributed by atoms with Gasteiger partial charge in [-0.05, 0) is 55.5 Å². The van der Waals surface area contributed by atoms with Crippen molar-refractivity contribution in [2.24, 2.45) is 5.92 Å². The summed E-state index contributed by atoms with van der Waals surface area (Å²) in [4.78, 5) is 12.6. The fraction of sp³-hybridized carbons (Fsp3) is 0.389. The second kappa shape index (κ2) is 8.20. The minimum absolute atomic E-state index is 0.153. The lowest BCUT2D eigenvalue weighted by Crippen LogP contribution is -2.43. The first-order chi connectivity index (χ1) is 12.5. The number of carbonyl (C=O) groups excluding carboxylic acids is 1. The summed E-state index contributed by atoms with van der Waals surface area (Å²) < 4.78 is 32.5. The van der Waals surface area contributed by atoms with Gasteiger partial charge in [-0.3, -0.25) is 4.79 Å². The van der Waals surface area contributed by atoms with Gasteiger partial charge in [-0.25, -0.2) is 8.42 Å². The molecule has 1 atom stereocenters. The highest BCUT2D eigenvalue weighted by Gasteiger charge is 2.33. The first-order valence-electron chi connectivity index (χ1n) is 8.58. The molecule has 0 aliphatic carbocycles. The molecule has 2 aromatic rings. The lowest BCUT2D eigenvalue weighted by Gasteiger charge is -2.30. The maximum atomic E-state index is 12.7. The first kappa shape index (κ1) is 18.9. The van der Waals surface area contributed by atoms with Crippen LogP contribution in [0.1, 0.15) is 19.8 Å². The van der Waals surface area contributed by atoms with Crippen molar-refractivity contribution in [2.75, 3.05) is 25.0 Å². The molecule has 0 bridgehead atoms. The van der Waals surface area contributed by atoms with Crippen LogP contribution in [-0.2, 0) is 14.8 Å². The van der Waals surface area contributed by atoms with Crippen LogP contribution in [0.4, 0.5) is 5.69 Å². The third-order valence-corrected chi connectivity index (χ3v) is 7.52. The van der Waals surface area contributed by atoms with E-state index in [2.05, 4.69) is 5.32 Å². The molecule has 1 aromatic carbocycles. The fourth-order valence-electron chi connectivity index (χ4n) is 2.96. The second-order valence-corrected chi connectivity index (χ2v) is 9.19. The number of thiophene rings is 1. The van der Waals surface area contributed by atoms with Gasteiger partial charge in [0, 0.05) is 18.8 Å². The summed E-state index contributed by atoms with van der Waals surface area (Å²) in [6, 6.07) is 10.5. The van der Waals surface area contributed by atoms with Gasteiger partial charge in [0.2, 0.25) is 5.91 Å². The van der Waals surface area contributed by atoms with Crippen molar-refractivity contribution in [3.63, 3.8) is 0 Å². The highest BCUT2D eigenvalue weighted by atomic mass is 32.2. The number of carbonyl (C=O) groups is 1. The monoisotopic (exact) mass is 394 g/mol. The van der Waals surface area contributed by atoms with Crippen molar-refractivity contribution in [3.05, 3.63) is 41.8 Å². The number of rotatable bonds is 6. The van der Waals surface area contributed by atoms with Gasteiger partial charge < -0.3 is 10.1 Å². The predicted molar refractivity (Wildman–Crippen MR) is 102 cm³/mol. The number of nitrogens with one attached hydrogen (secondary N) is 1. The second-order valence-electron chi connectivity index (χ2n) is 6.08. The van der Waals surface area contributed by atoms with Crippen molar-refractivity contribution in [2.45, 2.75) is 24.0 Å². The molecule has 1 saturated heterocycles. The van der Waals surface area contributed by atoms with E-state index >= 15 is 0 Å². The molecule has 0 radical (unpaired) electrons. The molecule has 0 saturated carbocycles. The van der Waals surface area contributed by atoms with Gasteiger partial charge in [-0.2, -0.15) is 4.31 Å². The van der Waals surface area contributed by atoms with Crippen molar-refractivity contribution < 1.29 is 17.9 Å². The summed E-state index contributed by atoms with van der Waals surface area (Å²) in [5, 5.41) is 4.62. The molecule has 1 amide bonds. The van der Waals surface area contributed by atoms with Crippen molar-refractivity contribution in [3.8, 4) is 5.75 Å². The van der Waals surface area contributed by atoms with E-state index in [1.165, 1.54) is 15.6 Å². The molecule has 1 aliphatic heterocycles. The van der Waals surface area contributed by atoms with Crippen LogP contribution in [0.3, 0.4) is 0 Å². The molecule has 0 spiro atoms. The van der Waals surface area contributed by atoms with E-state index < -0.39 is 10.0 Å². The number of benzene rings is 1. The lowest BCUT2D eigenvalue weighted by atomic mass is 9.99. The molecule has 0 unspecified atom stereocenters. The van der Waals surface area contributed by atoms with E-state index in [9.17, 15) is 13.2 Å². The van der Waals surface area contributed by atoms with E-state index in [4.69, 9.17) is 4.74 Å². The van der Waals surface area contributed by atoms with Crippen LogP contribution in [0.2, 0.25) is 0 Å². The van der Waals surface area contributed by atoms with Crippen LogP contribution in [0, 0.1) is 5.92 Å². The molecule has 3 rings (SSSR count). The van der Waals surface area contributed by atoms with Gasteiger partial charge >= 0.3 is 0 Å². The molecule has 1 N–H and O–H groups in total. The molecular formula is C18H22N2O4S2. The number of ether oxygens (including phenoxy) is 1. The van der Waals surface area contributed by atoms with Crippen LogP contribution in [0.25, 0.3) is 0 Å². The summed E-state index contributed by atoms with van der Waals surface area (Å²) in [6.45, 7) is 3.16. The number of hydrogen-bond donors (Lipinski definition) is 1.